The number of rotatable bonds is 7. The normalized spacial score (nSPS) is 24.7. The molecular weight excluding hydrogens is 324 g/mol. The number of hydrogen-bond acceptors (Lipinski definition) is 4. The fraction of sp³-hybridized carbons (Fsp3) is 0.611. The number of hydrogen-bond donors (Lipinski definition) is 4. The van der Waals surface area contributed by atoms with E-state index in [1.807, 2.05) is 6.92 Å². The SMILES string of the molecule is CC[C@](C)(N)c1cc2c(cc1F)C[C@H](CCCB(O)O)[C@]2(C)C(=O)O. The van der Waals surface area contributed by atoms with Crippen molar-refractivity contribution in [1.82, 2.24) is 0 Å². The van der Waals surface area contributed by atoms with Crippen molar-refractivity contribution in [1.29, 1.82) is 0 Å². The molecule has 0 radical (unpaired) electrons. The van der Waals surface area contributed by atoms with E-state index in [-0.39, 0.29) is 12.2 Å². The third-order valence-corrected chi connectivity index (χ3v) is 5.84. The maximum Gasteiger partial charge on any atom is 0.451 e. The molecule has 25 heavy (non-hydrogen) atoms. The molecule has 0 amide bonds. The largest absolute Gasteiger partial charge is 0.481 e. The molecule has 0 bridgehead atoms. The van der Waals surface area contributed by atoms with E-state index in [2.05, 4.69) is 0 Å². The quantitative estimate of drug-likeness (QED) is 0.564. The highest BCUT2D eigenvalue weighted by molar-refractivity contribution is 6.40. The van der Waals surface area contributed by atoms with Gasteiger partial charge in [-0.25, -0.2) is 4.39 Å². The van der Waals surface area contributed by atoms with Gasteiger partial charge in [0.15, 0.2) is 0 Å². The van der Waals surface area contributed by atoms with E-state index >= 15 is 0 Å². The minimum Gasteiger partial charge on any atom is -0.481 e. The lowest BCUT2D eigenvalue weighted by atomic mass is 9.72. The molecule has 0 fully saturated rings. The van der Waals surface area contributed by atoms with E-state index in [0.29, 0.717) is 42.4 Å². The van der Waals surface area contributed by atoms with E-state index in [1.54, 1.807) is 19.9 Å². The van der Waals surface area contributed by atoms with Crippen LogP contribution in [-0.4, -0.2) is 28.2 Å². The Morgan fingerprint density at radius 1 is 1.48 bits per heavy atom. The lowest BCUT2D eigenvalue weighted by Gasteiger charge is -2.30. The highest BCUT2D eigenvalue weighted by Crippen LogP contribution is 2.47. The number of halogens is 1. The Kier molecular flexibility index (Phi) is 5.61. The average molecular weight is 351 g/mol. The Morgan fingerprint density at radius 2 is 2.12 bits per heavy atom. The second-order valence-electron chi connectivity index (χ2n) is 7.58. The molecule has 1 aliphatic rings. The van der Waals surface area contributed by atoms with Crippen molar-refractivity contribution >= 4 is 13.1 Å². The van der Waals surface area contributed by atoms with Crippen LogP contribution in [0.1, 0.15) is 56.7 Å². The van der Waals surface area contributed by atoms with Crippen LogP contribution in [0.4, 0.5) is 4.39 Å². The zero-order valence-corrected chi connectivity index (χ0v) is 15.1. The second kappa shape index (κ2) is 7.06. The van der Waals surface area contributed by atoms with E-state index in [1.165, 1.54) is 6.07 Å². The number of carboxylic acids is 1. The van der Waals surface area contributed by atoms with Gasteiger partial charge in [-0.05, 0) is 68.6 Å². The standard InChI is InChI=1S/C18H27BFNO4/c1-4-17(2,21)14-10-13-11(9-15(14)20)8-12(6-5-7-19(24)25)18(13,3)16(22)23/h9-10,12,24-25H,4-8,21H2,1-3H3,(H,22,23)/t12-,17-,18-/m0/s1. The summed E-state index contributed by atoms with van der Waals surface area (Å²) in [5.41, 5.74) is 5.86. The minimum absolute atomic E-state index is 0.193. The Morgan fingerprint density at radius 3 is 2.64 bits per heavy atom. The zero-order valence-electron chi connectivity index (χ0n) is 15.1. The molecule has 0 unspecified atom stereocenters. The minimum atomic E-state index is -1.40. The van der Waals surface area contributed by atoms with Gasteiger partial charge in [-0.3, -0.25) is 4.79 Å². The summed E-state index contributed by atoms with van der Waals surface area (Å²) in [5.74, 6) is -1.57. The monoisotopic (exact) mass is 351 g/mol. The maximum absolute atomic E-state index is 14.6. The van der Waals surface area contributed by atoms with Crippen LogP contribution in [-0.2, 0) is 22.2 Å². The Labute approximate surface area is 148 Å². The fourth-order valence-electron chi connectivity index (χ4n) is 3.81. The van der Waals surface area contributed by atoms with Gasteiger partial charge in [0, 0.05) is 11.1 Å². The molecule has 7 heteroatoms. The topological polar surface area (TPSA) is 104 Å². The molecule has 1 aliphatic carbocycles. The summed E-state index contributed by atoms with van der Waals surface area (Å²) in [6, 6.07) is 3.05. The first kappa shape index (κ1) is 19.9. The number of aliphatic carboxylic acids is 1. The van der Waals surface area contributed by atoms with E-state index in [9.17, 15) is 14.3 Å². The van der Waals surface area contributed by atoms with Crippen LogP contribution in [0, 0.1) is 11.7 Å². The van der Waals surface area contributed by atoms with Crippen molar-refractivity contribution in [3.63, 3.8) is 0 Å². The smallest absolute Gasteiger partial charge is 0.451 e. The predicted octanol–water partition coefficient (Wildman–Crippen LogP) is 2.18. The molecule has 5 nitrogen and oxygen atoms in total. The van der Waals surface area contributed by atoms with Gasteiger partial charge in [-0.2, -0.15) is 0 Å². The number of benzene rings is 1. The molecule has 1 aromatic rings. The maximum atomic E-state index is 14.6. The van der Waals surface area contributed by atoms with Crippen LogP contribution in [0.15, 0.2) is 12.1 Å². The molecule has 0 saturated carbocycles. The van der Waals surface area contributed by atoms with E-state index in [4.69, 9.17) is 15.8 Å². The number of nitrogens with two attached hydrogens (primary N) is 1. The first-order chi connectivity index (χ1) is 11.5. The molecular formula is C18H27BFNO4. The Hall–Kier alpha value is -1.44. The van der Waals surface area contributed by atoms with Gasteiger partial charge in [0.05, 0.1) is 5.41 Å². The lowest BCUT2D eigenvalue weighted by molar-refractivity contribution is -0.145. The third kappa shape index (κ3) is 3.59. The van der Waals surface area contributed by atoms with Crippen molar-refractivity contribution in [2.75, 3.05) is 0 Å². The first-order valence-corrected chi connectivity index (χ1v) is 8.75. The first-order valence-electron chi connectivity index (χ1n) is 8.75. The van der Waals surface area contributed by atoms with Crippen molar-refractivity contribution < 1.29 is 24.3 Å². The highest BCUT2D eigenvalue weighted by Gasteiger charge is 2.49. The molecule has 0 aromatic heterocycles. The summed E-state index contributed by atoms with van der Waals surface area (Å²) in [4.78, 5) is 12.1. The molecule has 0 heterocycles. The summed E-state index contributed by atoms with van der Waals surface area (Å²) < 4.78 is 14.6. The number of fused-ring (bicyclic) bond motifs is 1. The Balaban J connectivity index is 2.44. The summed E-state index contributed by atoms with van der Waals surface area (Å²) in [6.07, 6.45) is 2.21. The van der Waals surface area contributed by atoms with Crippen molar-refractivity contribution in [3.05, 3.63) is 34.6 Å². The number of carbonyl (C=O) groups is 1. The molecule has 5 N–H and O–H groups in total. The van der Waals surface area contributed by atoms with Crippen LogP contribution in [0.25, 0.3) is 0 Å². The average Bonchev–Trinajstić information content (AvgIpc) is 2.79. The molecule has 1 aromatic carbocycles. The van der Waals surface area contributed by atoms with Crippen LogP contribution in [0.5, 0.6) is 0 Å². The predicted molar refractivity (Wildman–Crippen MR) is 94.6 cm³/mol. The van der Waals surface area contributed by atoms with Crippen LogP contribution >= 0.6 is 0 Å². The molecule has 0 aliphatic heterocycles. The van der Waals surface area contributed by atoms with Crippen molar-refractivity contribution in [2.24, 2.45) is 11.7 Å². The third-order valence-electron chi connectivity index (χ3n) is 5.84. The summed E-state index contributed by atoms with van der Waals surface area (Å²) in [6.45, 7) is 5.28. The van der Waals surface area contributed by atoms with Gasteiger partial charge in [0.25, 0.3) is 0 Å². The van der Waals surface area contributed by atoms with E-state index < -0.39 is 29.9 Å². The van der Waals surface area contributed by atoms with Crippen LogP contribution < -0.4 is 5.73 Å². The Bertz CT molecular complexity index is 665. The summed E-state index contributed by atoms with van der Waals surface area (Å²) in [7, 11) is -1.40. The summed E-state index contributed by atoms with van der Waals surface area (Å²) in [5, 5.41) is 27.9. The van der Waals surface area contributed by atoms with Gasteiger partial charge in [-0.15, -0.1) is 0 Å². The number of carboxylic acid groups (broad SMARTS) is 1. The van der Waals surface area contributed by atoms with Gasteiger partial charge in [0.1, 0.15) is 5.82 Å². The van der Waals surface area contributed by atoms with Gasteiger partial charge >= 0.3 is 13.1 Å². The molecule has 3 atom stereocenters. The lowest BCUT2D eigenvalue weighted by Crippen LogP contribution is -2.38. The fourth-order valence-corrected chi connectivity index (χ4v) is 3.81. The molecule has 138 valence electrons. The van der Waals surface area contributed by atoms with E-state index in [0.717, 1.165) is 0 Å². The second-order valence-corrected chi connectivity index (χ2v) is 7.58. The van der Waals surface area contributed by atoms with Crippen LogP contribution in [0.3, 0.4) is 0 Å². The van der Waals surface area contributed by atoms with Crippen molar-refractivity contribution in [2.45, 2.75) is 63.7 Å². The van der Waals surface area contributed by atoms with Crippen molar-refractivity contribution in [3.8, 4) is 0 Å². The molecule has 0 spiro atoms. The molecule has 0 saturated heterocycles. The highest BCUT2D eigenvalue weighted by atomic mass is 19.1. The van der Waals surface area contributed by atoms with Gasteiger partial charge in [0.2, 0.25) is 0 Å². The van der Waals surface area contributed by atoms with Gasteiger partial charge in [-0.1, -0.05) is 13.3 Å². The molecule has 2 rings (SSSR count). The van der Waals surface area contributed by atoms with Crippen LogP contribution in [0.2, 0.25) is 6.32 Å². The van der Waals surface area contributed by atoms with Gasteiger partial charge < -0.3 is 20.9 Å². The summed E-state index contributed by atoms with van der Waals surface area (Å²) >= 11 is 0. The zero-order chi connectivity index (χ0) is 19.0.